The number of hydrogen-bond donors (Lipinski definition) is 1. The number of hydrogen-bond acceptors (Lipinski definition) is 2. The van der Waals surface area contributed by atoms with Crippen molar-refractivity contribution >= 4 is 12.6 Å². The average Bonchev–Trinajstić information content (AvgIpc) is 2.70. The summed E-state index contributed by atoms with van der Waals surface area (Å²) < 4.78 is 0. The lowest BCUT2D eigenvalue weighted by Crippen LogP contribution is -2.41. The van der Waals surface area contributed by atoms with Crippen LogP contribution in [0.5, 0.6) is 0 Å². The van der Waals surface area contributed by atoms with Crippen molar-refractivity contribution in [2.45, 2.75) is 59.4 Å². The van der Waals surface area contributed by atoms with Gasteiger partial charge in [-0.2, -0.15) is 12.6 Å². The van der Waals surface area contributed by atoms with Gasteiger partial charge < -0.3 is 4.90 Å². The molecule has 1 nitrogen and oxygen atoms in total. The molecule has 1 aliphatic carbocycles. The van der Waals surface area contributed by atoms with Gasteiger partial charge in [0.1, 0.15) is 0 Å². The van der Waals surface area contributed by atoms with Crippen molar-refractivity contribution < 1.29 is 0 Å². The fourth-order valence-corrected chi connectivity index (χ4v) is 3.36. The molecule has 1 atom stereocenters. The maximum Gasteiger partial charge on any atom is 0.00952 e. The third-order valence-electron chi connectivity index (χ3n) is 4.15. The molecule has 0 bridgehead atoms. The van der Waals surface area contributed by atoms with E-state index in [9.17, 15) is 0 Å². The topological polar surface area (TPSA) is 3.24 Å². The van der Waals surface area contributed by atoms with Crippen molar-refractivity contribution in [2.75, 3.05) is 18.8 Å². The van der Waals surface area contributed by atoms with Gasteiger partial charge >= 0.3 is 0 Å². The molecule has 16 heavy (non-hydrogen) atoms. The van der Waals surface area contributed by atoms with E-state index in [-0.39, 0.29) is 0 Å². The maximum absolute atomic E-state index is 4.54. The van der Waals surface area contributed by atoms with E-state index in [4.69, 9.17) is 0 Å². The van der Waals surface area contributed by atoms with Gasteiger partial charge in [-0.1, -0.05) is 40.5 Å². The molecule has 0 heterocycles. The zero-order chi connectivity index (χ0) is 12.2. The smallest absolute Gasteiger partial charge is 0.00952 e. The summed E-state index contributed by atoms with van der Waals surface area (Å²) in [5, 5.41) is 0. The minimum atomic E-state index is 0.383. The number of thiol groups is 1. The highest BCUT2D eigenvalue weighted by Gasteiger charge is 2.28. The lowest BCUT2D eigenvalue weighted by atomic mass is 9.81. The van der Waals surface area contributed by atoms with E-state index in [1.165, 1.54) is 38.8 Å². The SMILES string of the molecule is CCN(CC(CS)C(C)(C)C)C1CCCC1. The Morgan fingerprint density at radius 3 is 2.19 bits per heavy atom. The van der Waals surface area contributed by atoms with Crippen LogP contribution in [0, 0.1) is 11.3 Å². The van der Waals surface area contributed by atoms with Gasteiger partial charge in [0.2, 0.25) is 0 Å². The van der Waals surface area contributed by atoms with Gasteiger partial charge in [0.25, 0.3) is 0 Å². The van der Waals surface area contributed by atoms with Crippen LogP contribution in [0.2, 0.25) is 0 Å². The molecule has 1 aliphatic rings. The van der Waals surface area contributed by atoms with E-state index >= 15 is 0 Å². The van der Waals surface area contributed by atoms with Crippen LogP contribution in [0.15, 0.2) is 0 Å². The summed E-state index contributed by atoms with van der Waals surface area (Å²) >= 11 is 4.54. The molecule has 1 fully saturated rings. The molecule has 96 valence electrons. The second kappa shape index (κ2) is 6.30. The molecule has 0 aliphatic heterocycles. The standard InChI is InChI=1S/C14H29NS/c1-5-15(13-8-6-7-9-13)10-12(11-16)14(2,3)4/h12-13,16H,5-11H2,1-4H3. The Hall–Kier alpha value is 0.310. The fourth-order valence-electron chi connectivity index (χ4n) is 2.69. The molecule has 1 unspecified atom stereocenters. The van der Waals surface area contributed by atoms with Crippen LogP contribution in [-0.2, 0) is 0 Å². The zero-order valence-electron chi connectivity index (χ0n) is 11.5. The van der Waals surface area contributed by atoms with Crippen molar-refractivity contribution in [3.8, 4) is 0 Å². The van der Waals surface area contributed by atoms with Crippen LogP contribution >= 0.6 is 12.6 Å². The molecular formula is C14H29NS. The molecule has 2 heteroatoms. The van der Waals surface area contributed by atoms with Crippen molar-refractivity contribution in [1.82, 2.24) is 4.90 Å². The fraction of sp³-hybridized carbons (Fsp3) is 1.00. The molecule has 0 N–H and O–H groups in total. The highest BCUT2D eigenvalue weighted by molar-refractivity contribution is 7.80. The first kappa shape index (κ1) is 14.4. The largest absolute Gasteiger partial charge is 0.300 e. The third kappa shape index (κ3) is 3.96. The normalized spacial score (nSPS) is 20.6. The van der Waals surface area contributed by atoms with Crippen molar-refractivity contribution in [3.63, 3.8) is 0 Å². The lowest BCUT2D eigenvalue weighted by Gasteiger charge is -2.37. The molecule has 0 saturated heterocycles. The average molecular weight is 243 g/mol. The summed E-state index contributed by atoms with van der Waals surface area (Å²) in [5.41, 5.74) is 0.383. The molecular weight excluding hydrogens is 214 g/mol. The molecule has 0 aromatic rings. The predicted molar refractivity (Wildman–Crippen MR) is 76.3 cm³/mol. The van der Waals surface area contributed by atoms with Crippen molar-refractivity contribution in [3.05, 3.63) is 0 Å². The van der Waals surface area contributed by atoms with Gasteiger partial charge in [-0.25, -0.2) is 0 Å². The lowest BCUT2D eigenvalue weighted by molar-refractivity contribution is 0.132. The van der Waals surface area contributed by atoms with Gasteiger partial charge in [0, 0.05) is 12.6 Å². The van der Waals surface area contributed by atoms with E-state index in [0.29, 0.717) is 11.3 Å². The molecule has 0 radical (unpaired) electrons. The minimum absolute atomic E-state index is 0.383. The molecule has 0 aromatic carbocycles. The van der Waals surface area contributed by atoms with Gasteiger partial charge in [0.15, 0.2) is 0 Å². The quantitative estimate of drug-likeness (QED) is 0.718. The van der Waals surface area contributed by atoms with Crippen LogP contribution in [0.1, 0.15) is 53.4 Å². The summed E-state index contributed by atoms with van der Waals surface area (Å²) in [4.78, 5) is 2.69. The summed E-state index contributed by atoms with van der Waals surface area (Å²) in [6.45, 7) is 11.8. The zero-order valence-corrected chi connectivity index (χ0v) is 12.4. The molecule has 0 spiro atoms. The third-order valence-corrected chi connectivity index (χ3v) is 4.59. The highest BCUT2D eigenvalue weighted by Crippen LogP contribution is 2.30. The van der Waals surface area contributed by atoms with Gasteiger partial charge in [0.05, 0.1) is 0 Å². The maximum atomic E-state index is 4.54. The van der Waals surface area contributed by atoms with E-state index in [1.807, 2.05) is 0 Å². The Bertz CT molecular complexity index is 191. The first-order valence-electron chi connectivity index (χ1n) is 6.84. The Kier molecular flexibility index (Phi) is 5.66. The number of nitrogens with zero attached hydrogens (tertiary/aromatic N) is 1. The molecule has 0 aromatic heterocycles. The summed E-state index contributed by atoms with van der Waals surface area (Å²) in [6, 6.07) is 0.856. The van der Waals surface area contributed by atoms with Crippen LogP contribution < -0.4 is 0 Å². The molecule has 0 amide bonds. The second-order valence-electron chi connectivity index (χ2n) is 6.27. The van der Waals surface area contributed by atoms with Crippen molar-refractivity contribution in [1.29, 1.82) is 0 Å². The first-order valence-corrected chi connectivity index (χ1v) is 7.47. The van der Waals surface area contributed by atoms with E-state index in [1.54, 1.807) is 0 Å². The highest BCUT2D eigenvalue weighted by atomic mass is 32.1. The van der Waals surface area contributed by atoms with Crippen LogP contribution in [0.4, 0.5) is 0 Å². The first-order chi connectivity index (χ1) is 7.49. The van der Waals surface area contributed by atoms with Gasteiger partial charge in [-0.15, -0.1) is 0 Å². The summed E-state index contributed by atoms with van der Waals surface area (Å²) in [6.07, 6.45) is 5.69. The van der Waals surface area contributed by atoms with Crippen LogP contribution in [-0.4, -0.2) is 29.8 Å². The number of rotatable bonds is 5. The van der Waals surface area contributed by atoms with Crippen LogP contribution in [0.25, 0.3) is 0 Å². The Morgan fingerprint density at radius 1 is 1.25 bits per heavy atom. The molecule has 1 rings (SSSR count). The van der Waals surface area contributed by atoms with Gasteiger partial charge in [-0.05, 0) is 36.5 Å². The van der Waals surface area contributed by atoms with E-state index < -0.39 is 0 Å². The Morgan fingerprint density at radius 2 is 1.81 bits per heavy atom. The second-order valence-corrected chi connectivity index (χ2v) is 6.64. The Labute approximate surface area is 107 Å². The monoisotopic (exact) mass is 243 g/mol. The predicted octanol–water partition coefficient (Wildman–Crippen LogP) is 3.84. The van der Waals surface area contributed by atoms with Crippen LogP contribution in [0.3, 0.4) is 0 Å². The molecule has 1 saturated carbocycles. The summed E-state index contributed by atoms with van der Waals surface area (Å²) in [5.74, 6) is 1.71. The van der Waals surface area contributed by atoms with E-state index in [0.717, 1.165) is 11.8 Å². The van der Waals surface area contributed by atoms with Crippen molar-refractivity contribution in [2.24, 2.45) is 11.3 Å². The Balaban J connectivity index is 2.53. The van der Waals surface area contributed by atoms with Gasteiger partial charge in [-0.3, -0.25) is 0 Å². The summed E-state index contributed by atoms with van der Waals surface area (Å²) in [7, 11) is 0. The van der Waals surface area contributed by atoms with E-state index in [2.05, 4.69) is 45.2 Å². The minimum Gasteiger partial charge on any atom is -0.300 e.